The molecule has 0 nitrogen and oxygen atoms in total. The first kappa shape index (κ1) is 9.24. The second-order valence-corrected chi connectivity index (χ2v) is 6.84. The SMILES string of the molecule is CC(C)(C)[C]1CC2CC1C1CCCC21. The van der Waals surface area contributed by atoms with Crippen molar-refractivity contribution in [2.24, 2.45) is 29.1 Å². The van der Waals surface area contributed by atoms with Crippen molar-refractivity contribution < 1.29 is 0 Å². The molecule has 3 saturated carbocycles. The molecule has 1 radical (unpaired) electrons. The molecule has 0 amide bonds. The highest BCUT2D eigenvalue weighted by molar-refractivity contribution is 5.19. The molecule has 0 spiro atoms. The van der Waals surface area contributed by atoms with Gasteiger partial charge < -0.3 is 0 Å². The summed E-state index contributed by atoms with van der Waals surface area (Å²) in [5, 5.41) is 0. The van der Waals surface area contributed by atoms with Crippen LogP contribution in [0.5, 0.6) is 0 Å². The van der Waals surface area contributed by atoms with Crippen LogP contribution in [0.4, 0.5) is 0 Å². The monoisotopic (exact) mass is 191 g/mol. The van der Waals surface area contributed by atoms with Crippen molar-refractivity contribution in [1.82, 2.24) is 0 Å². The zero-order valence-electron chi connectivity index (χ0n) is 9.84. The Morgan fingerprint density at radius 3 is 2.50 bits per heavy atom. The van der Waals surface area contributed by atoms with Gasteiger partial charge in [-0.3, -0.25) is 0 Å². The molecule has 0 N–H and O–H groups in total. The molecule has 3 rings (SSSR count). The van der Waals surface area contributed by atoms with Gasteiger partial charge in [0, 0.05) is 0 Å². The third kappa shape index (κ3) is 1.12. The molecule has 3 fully saturated rings. The van der Waals surface area contributed by atoms with Crippen LogP contribution in [0, 0.1) is 35.0 Å². The highest BCUT2D eigenvalue weighted by Crippen LogP contribution is 2.65. The minimum Gasteiger partial charge on any atom is -0.0596 e. The zero-order chi connectivity index (χ0) is 9.92. The molecule has 3 aliphatic carbocycles. The van der Waals surface area contributed by atoms with Crippen molar-refractivity contribution in [1.29, 1.82) is 0 Å². The van der Waals surface area contributed by atoms with E-state index in [0.29, 0.717) is 5.41 Å². The molecule has 0 aromatic heterocycles. The van der Waals surface area contributed by atoms with Crippen LogP contribution in [0.25, 0.3) is 0 Å². The van der Waals surface area contributed by atoms with Gasteiger partial charge in [-0.05, 0) is 60.7 Å². The molecule has 79 valence electrons. The maximum Gasteiger partial charge on any atom is -0.0151 e. The van der Waals surface area contributed by atoms with Crippen molar-refractivity contribution in [3.63, 3.8) is 0 Å². The Labute approximate surface area is 88.5 Å². The third-order valence-corrected chi connectivity index (χ3v) is 5.20. The summed E-state index contributed by atoms with van der Waals surface area (Å²) < 4.78 is 0. The highest BCUT2D eigenvalue weighted by atomic mass is 14.6. The van der Waals surface area contributed by atoms with Crippen molar-refractivity contribution >= 4 is 0 Å². The van der Waals surface area contributed by atoms with E-state index in [1.54, 1.807) is 19.3 Å². The predicted molar refractivity (Wildman–Crippen MR) is 59.7 cm³/mol. The molecule has 0 aliphatic heterocycles. The molecule has 0 heteroatoms. The summed E-state index contributed by atoms with van der Waals surface area (Å²) in [6.07, 6.45) is 7.67. The lowest BCUT2D eigenvalue weighted by molar-refractivity contribution is 0.221. The minimum atomic E-state index is 0.493. The normalized spacial score (nSPS) is 47.4. The Morgan fingerprint density at radius 1 is 1.07 bits per heavy atom. The Morgan fingerprint density at radius 2 is 1.79 bits per heavy atom. The van der Waals surface area contributed by atoms with Crippen LogP contribution in [-0.4, -0.2) is 0 Å². The van der Waals surface area contributed by atoms with E-state index in [1.165, 1.54) is 12.8 Å². The van der Waals surface area contributed by atoms with E-state index in [2.05, 4.69) is 20.8 Å². The van der Waals surface area contributed by atoms with Gasteiger partial charge >= 0.3 is 0 Å². The average molecular weight is 191 g/mol. The van der Waals surface area contributed by atoms with E-state index in [0.717, 1.165) is 23.7 Å². The highest BCUT2D eigenvalue weighted by Gasteiger charge is 2.56. The van der Waals surface area contributed by atoms with Crippen LogP contribution in [0.15, 0.2) is 0 Å². The van der Waals surface area contributed by atoms with Crippen LogP contribution >= 0.6 is 0 Å². The second kappa shape index (κ2) is 2.77. The molecule has 0 aromatic rings. The predicted octanol–water partition coefficient (Wildman–Crippen LogP) is 4.06. The zero-order valence-corrected chi connectivity index (χ0v) is 9.84. The fraction of sp³-hybridized carbons (Fsp3) is 0.929. The summed E-state index contributed by atoms with van der Waals surface area (Å²) >= 11 is 0. The van der Waals surface area contributed by atoms with Crippen LogP contribution in [0.2, 0.25) is 0 Å². The first-order valence-electron chi connectivity index (χ1n) is 6.43. The van der Waals surface area contributed by atoms with Gasteiger partial charge in [-0.2, -0.15) is 0 Å². The van der Waals surface area contributed by atoms with E-state index >= 15 is 0 Å². The minimum absolute atomic E-state index is 0.493. The Kier molecular flexibility index (Phi) is 1.83. The maximum absolute atomic E-state index is 2.42. The Hall–Kier alpha value is 0. The fourth-order valence-corrected chi connectivity index (χ4v) is 4.71. The van der Waals surface area contributed by atoms with E-state index in [-0.39, 0.29) is 0 Å². The first-order chi connectivity index (χ1) is 6.57. The summed E-state index contributed by atoms with van der Waals surface area (Å²) in [6, 6.07) is 0. The average Bonchev–Trinajstić information content (AvgIpc) is 2.74. The van der Waals surface area contributed by atoms with E-state index in [9.17, 15) is 0 Å². The van der Waals surface area contributed by atoms with Gasteiger partial charge in [-0.25, -0.2) is 0 Å². The molecular formula is C14H23. The molecule has 0 aromatic carbocycles. The number of hydrogen-bond donors (Lipinski definition) is 0. The lowest BCUT2D eigenvalue weighted by atomic mass is 9.66. The van der Waals surface area contributed by atoms with Gasteiger partial charge in [0.05, 0.1) is 0 Å². The topological polar surface area (TPSA) is 0 Å². The summed E-state index contributed by atoms with van der Waals surface area (Å²) in [5.74, 6) is 6.31. The van der Waals surface area contributed by atoms with Gasteiger partial charge in [0.15, 0.2) is 0 Å². The van der Waals surface area contributed by atoms with E-state index < -0.39 is 0 Å². The van der Waals surface area contributed by atoms with Gasteiger partial charge in [-0.1, -0.05) is 27.2 Å². The molecule has 0 saturated heterocycles. The standard InChI is InChI=1S/C14H23/c1-14(2,3)13-8-9-7-12(13)11-6-4-5-10(9)11/h9-12H,4-8H2,1-3H3. The summed E-state index contributed by atoms with van der Waals surface area (Å²) in [5.41, 5.74) is 0.493. The largest absolute Gasteiger partial charge is 0.0596 e. The number of hydrogen-bond acceptors (Lipinski definition) is 0. The van der Waals surface area contributed by atoms with Gasteiger partial charge in [0.2, 0.25) is 0 Å². The van der Waals surface area contributed by atoms with E-state index in [1.807, 2.05) is 5.92 Å². The summed E-state index contributed by atoms with van der Waals surface area (Å²) in [6.45, 7) is 7.27. The van der Waals surface area contributed by atoms with Crippen LogP contribution < -0.4 is 0 Å². The molecule has 2 bridgehead atoms. The fourth-order valence-electron chi connectivity index (χ4n) is 4.71. The smallest absolute Gasteiger partial charge is 0.0151 e. The lowest BCUT2D eigenvalue weighted by Gasteiger charge is -2.39. The molecule has 4 unspecified atom stereocenters. The maximum atomic E-state index is 2.42. The molecule has 3 aliphatic rings. The lowest BCUT2D eigenvalue weighted by Crippen LogP contribution is -2.30. The number of fused-ring (bicyclic) bond motifs is 5. The van der Waals surface area contributed by atoms with Crippen LogP contribution in [0.3, 0.4) is 0 Å². The first-order valence-corrected chi connectivity index (χ1v) is 6.43. The third-order valence-electron chi connectivity index (χ3n) is 5.20. The second-order valence-electron chi connectivity index (χ2n) is 6.84. The quantitative estimate of drug-likeness (QED) is 0.541. The van der Waals surface area contributed by atoms with Crippen molar-refractivity contribution in [3.05, 3.63) is 5.92 Å². The summed E-state index contributed by atoms with van der Waals surface area (Å²) in [4.78, 5) is 0. The van der Waals surface area contributed by atoms with Gasteiger partial charge in [-0.15, -0.1) is 0 Å². The number of rotatable bonds is 0. The van der Waals surface area contributed by atoms with E-state index in [4.69, 9.17) is 0 Å². The van der Waals surface area contributed by atoms with Gasteiger partial charge in [0.1, 0.15) is 0 Å². The Bertz CT molecular complexity index is 235. The summed E-state index contributed by atoms with van der Waals surface area (Å²) in [7, 11) is 0. The van der Waals surface area contributed by atoms with Crippen molar-refractivity contribution in [3.8, 4) is 0 Å². The molecule has 4 atom stereocenters. The molecule has 14 heavy (non-hydrogen) atoms. The molecular weight excluding hydrogens is 168 g/mol. The van der Waals surface area contributed by atoms with Crippen molar-refractivity contribution in [2.75, 3.05) is 0 Å². The van der Waals surface area contributed by atoms with Gasteiger partial charge in [0.25, 0.3) is 0 Å². The molecule has 0 heterocycles. The van der Waals surface area contributed by atoms with Crippen LogP contribution in [0.1, 0.15) is 52.9 Å². The van der Waals surface area contributed by atoms with Crippen LogP contribution in [-0.2, 0) is 0 Å². The Balaban J connectivity index is 1.83. The van der Waals surface area contributed by atoms with Crippen molar-refractivity contribution in [2.45, 2.75) is 52.9 Å².